The van der Waals surface area contributed by atoms with Gasteiger partial charge in [-0.15, -0.1) is 0 Å². The average molecular weight is 402 g/mol. The number of aromatic nitrogens is 1. The van der Waals surface area contributed by atoms with Crippen LogP contribution in [0.15, 0.2) is 53.0 Å². The Morgan fingerprint density at radius 3 is 2.31 bits per heavy atom. The first-order chi connectivity index (χ1) is 13.9. The Bertz CT molecular complexity index is 930. The summed E-state index contributed by atoms with van der Waals surface area (Å²) >= 11 is 0. The third-order valence-electron chi connectivity index (χ3n) is 6.06. The lowest BCUT2D eigenvalue weighted by molar-refractivity contribution is -0.138. The number of hydrogen-bond donors (Lipinski definition) is 0. The van der Waals surface area contributed by atoms with E-state index in [1.807, 2.05) is 24.3 Å². The molecule has 29 heavy (non-hydrogen) atoms. The molecule has 1 saturated heterocycles. The molecule has 2 aromatic rings. The fourth-order valence-corrected chi connectivity index (χ4v) is 4.10. The van der Waals surface area contributed by atoms with E-state index in [0.29, 0.717) is 0 Å². The van der Waals surface area contributed by atoms with E-state index in [1.165, 1.54) is 37.1 Å². The van der Waals surface area contributed by atoms with Crippen molar-refractivity contribution < 1.29 is 13.2 Å². The predicted molar refractivity (Wildman–Crippen MR) is 108 cm³/mol. The third-order valence-corrected chi connectivity index (χ3v) is 6.06. The molecule has 2 heterocycles. The number of likely N-dealkylation sites (tertiary alicyclic amines) is 1. The van der Waals surface area contributed by atoms with Gasteiger partial charge in [0, 0.05) is 25.3 Å². The zero-order valence-corrected chi connectivity index (χ0v) is 16.3. The Morgan fingerprint density at radius 2 is 1.72 bits per heavy atom. The fourth-order valence-electron chi connectivity index (χ4n) is 4.10. The van der Waals surface area contributed by atoms with Gasteiger partial charge >= 0.3 is 6.18 Å². The van der Waals surface area contributed by atoms with Crippen LogP contribution in [0, 0.1) is 0 Å². The number of halogens is 3. The highest BCUT2D eigenvalue weighted by atomic mass is 19.4. The Hall–Kier alpha value is -2.34. The molecule has 2 aliphatic rings. The number of benzene rings is 1. The minimum atomic E-state index is -4.63. The molecule has 1 aliphatic heterocycles. The molecular weight excluding hydrogens is 377 g/mol. The van der Waals surface area contributed by atoms with Gasteiger partial charge < -0.3 is 4.57 Å². The molecule has 1 aromatic heterocycles. The van der Waals surface area contributed by atoms with E-state index < -0.39 is 17.3 Å². The minimum absolute atomic E-state index is 0.121. The first kappa shape index (κ1) is 20.0. The molecule has 0 N–H and O–H groups in total. The molecule has 0 unspecified atom stereocenters. The summed E-state index contributed by atoms with van der Waals surface area (Å²) in [6.45, 7) is 2.38. The van der Waals surface area contributed by atoms with Crippen LogP contribution in [0.1, 0.15) is 48.8 Å². The second-order valence-electron chi connectivity index (χ2n) is 8.02. The van der Waals surface area contributed by atoms with Crippen LogP contribution in [0.25, 0.3) is 6.08 Å². The molecule has 0 spiro atoms. The number of alkyl halides is 3. The maximum absolute atomic E-state index is 12.9. The zero-order chi connectivity index (χ0) is 20.4. The van der Waals surface area contributed by atoms with Crippen LogP contribution >= 0.6 is 0 Å². The number of piperidine rings is 1. The van der Waals surface area contributed by atoms with Gasteiger partial charge in [-0.2, -0.15) is 13.2 Å². The van der Waals surface area contributed by atoms with E-state index in [4.69, 9.17) is 0 Å². The SMILES string of the molecule is O=c1c(C(F)(F)F)cccn1Cc1ccc(C=C2CCN(C3CCC3)CC2)cc1. The topological polar surface area (TPSA) is 25.2 Å². The smallest absolute Gasteiger partial charge is 0.311 e. The lowest BCUT2D eigenvalue weighted by Gasteiger charge is -2.40. The molecule has 154 valence electrons. The van der Waals surface area contributed by atoms with E-state index in [1.54, 1.807) is 0 Å². The molecule has 1 saturated carbocycles. The van der Waals surface area contributed by atoms with Crippen molar-refractivity contribution in [3.8, 4) is 0 Å². The predicted octanol–water partition coefficient (Wildman–Crippen LogP) is 4.95. The molecule has 6 heteroatoms. The zero-order valence-electron chi connectivity index (χ0n) is 16.3. The maximum atomic E-state index is 12.9. The molecule has 4 rings (SSSR count). The van der Waals surface area contributed by atoms with Gasteiger partial charge in [0.1, 0.15) is 5.56 Å². The lowest BCUT2D eigenvalue weighted by atomic mass is 9.89. The molecule has 1 aromatic carbocycles. The van der Waals surface area contributed by atoms with Crippen molar-refractivity contribution in [3.63, 3.8) is 0 Å². The Balaban J connectivity index is 1.41. The summed E-state index contributed by atoms with van der Waals surface area (Å²) in [6, 6.07) is 10.6. The van der Waals surface area contributed by atoms with E-state index >= 15 is 0 Å². The minimum Gasteiger partial charge on any atom is -0.311 e. The Kier molecular flexibility index (Phi) is 5.63. The molecule has 1 aliphatic carbocycles. The maximum Gasteiger partial charge on any atom is 0.421 e. The van der Waals surface area contributed by atoms with Gasteiger partial charge in [-0.3, -0.25) is 9.69 Å². The molecule has 0 radical (unpaired) electrons. The van der Waals surface area contributed by atoms with Gasteiger partial charge in [-0.1, -0.05) is 42.3 Å². The highest BCUT2D eigenvalue weighted by molar-refractivity contribution is 5.53. The van der Waals surface area contributed by atoms with Crippen molar-refractivity contribution in [2.45, 2.75) is 50.9 Å². The summed E-state index contributed by atoms with van der Waals surface area (Å²) in [7, 11) is 0. The van der Waals surface area contributed by atoms with E-state index in [2.05, 4.69) is 11.0 Å². The van der Waals surface area contributed by atoms with E-state index in [9.17, 15) is 18.0 Å². The second-order valence-corrected chi connectivity index (χ2v) is 8.02. The van der Waals surface area contributed by atoms with Crippen molar-refractivity contribution in [1.29, 1.82) is 0 Å². The highest BCUT2D eigenvalue weighted by Crippen LogP contribution is 2.29. The largest absolute Gasteiger partial charge is 0.421 e. The summed E-state index contributed by atoms with van der Waals surface area (Å²) in [5.74, 6) is 0. The van der Waals surface area contributed by atoms with Crippen LogP contribution in [0.3, 0.4) is 0 Å². The van der Waals surface area contributed by atoms with Crippen LogP contribution in [-0.2, 0) is 12.7 Å². The molecule has 0 amide bonds. The molecule has 2 fully saturated rings. The number of hydrogen-bond acceptors (Lipinski definition) is 2. The molecular formula is C23H25F3N2O. The summed E-state index contributed by atoms with van der Waals surface area (Å²) < 4.78 is 39.8. The molecule has 0 atom stereocenters. The van der Waals surface area contributed by atoms with Crippen molar-refractivity contribution in [3.05, 3.63) is 75.2 Å². The molecule has 3 nitrogen and oxygen atoms in total. The molecule has 0 bridgehead atoms. The summed E-state index contributed by atoms with van der Waals surface area (Å²) in [5.41, 5.74) is 1.20. The van der Waals surface area contributed by atoms with Gasteiger partial charge in [0.25, 0.3) is 5.56 Å². The van der Waals surface area contributed by atoms with Crippen LogP contribution < -0.4 is 5.56 Å². The normalized spacial score (nSPS) is 18.5. The lowest BCUT2D eigenvalue weighted by Crippen LogP contribution is -2.43. The van der Waals surface area contributed by atoms with Crippen LogP contribution in [-0.4, -0.2) is 28.6 Å². The fraction of sp³-hybridized carbons (Fsp3) is 0.435. The Labute approximate surface area is 168 Å². The van der Waals surface area contributed by atoms with Crippen LogP contribution in [0.5, 0.6) is 0 Å². The summed E-state index contributed by atoms with van der Waals surface area (Å²) in [6.07, 6.45) is 5.22. The summed E-state index contributed by atoms with van der Waals surface area (Å²) in [4.78, 5) is 14.7. The van der Waals surface area contributed by atoms with Crippen LogP contribution in [0.2, 0.25) is 0 Å². The first-order valence-electron chi connectivity index (χ1n) is 10.2. The quantitative estimate of drug-likeness (QED) is 0.723. The number of nitrogens with zero attached hydrogens (tertiary/aromatic N) is 2. The monoisotopic (exact) mass is 402 g/mol. The third kappa shape index (κ3) is 4.64. The van der Waals surface area contributed by atoms with Crippen molar-refractivity contribution in [1.82, 2.24) is 9.47 Å². The van der Waals surface area contributed by atoms with Crippen molar-refractivity contribution in [2.24, 2.45) is 0 Å². The first-order valence-corrected chi connectivity index (χ1v) is 10.2. The number of pyridine rings is 1. The number of rotatable bonds is 4. The van der Waals surface area contributed by atoms with Crippen LogP contribution in [0.4, 0.5) is 13.2 Å². The van der Waals surface area contributed by atoms with E-state index in [-0.39, 0.29) is 6.54 Å². The standard InChI is InChI=1S/C23H25F3N2O/c24-23(25,26)21-5-2-12-28(22(21)29)16-19-8-6-17(7-9-19)15-18-10-13-27(14-11-18)20-3-1-4-20/h2,5-9,12,15,20H,1,3-4,10-11,13-14,16H2. The van der Waals surface area contributed by atoms with Crippen molar-refractivity contribution >= 4 is 6.08 Å². The summed E-state index contributed by atoms with van der Waals surface area (Å²) in [5, 5.41) is 0. The highest BCUT2D eigenvalue weighted by Gasteiger charge is 2.34. The van der Waals surface area contributed by atoms with Crippen molar-refractivity contribution in [2.75, 3.05) is 13.1 Å². The average Bonchev–Trinajstić information content (AvgIpc) is 2.64. The van der Waals surface area contributed by atoms with Gasteiger partial charge in [-0.05, 0) is 48.9 Å². The van der Waals surface area contributed by atoms with Gasteiger partial charge in [-0.25, -0.2) is 0 Å². The van der Waals surface area contributed by atoms with Gasteiger partial charge in [0.05, 0.1) is 6.54 Å². The van der Waals surface area contributed by atoms with Gasteiger partial charge in [0.15, 0.2) is 0 Å². The van der Waals surface area contributed by atoms with Gasteiger partial charge in [0.2, 0.25) is 0 Å². The Morgan fingerprint density at radius 1 is 1.03 bits per heavy atom. The van der Waals surface area contributed by atoms with E-state index in [0.717, 1.165) is 53.7 Å². The second kappa shape index (κ2) is 8.19.